The van der Waals surface area contributed by atoms with E-state index in [-0.39, 0.29) is 0 Å². The largest absolute Gasteiger partial charge is 0.497 e. The summed E-state index contributed by atoms with van der Waals surface area (Å²) < 4.78 is 12.8. The summed E-state index contributed by atoms with van der Waals surface area (Å²) in [5.74, 6) is 1.91. The maximum absolute atomic E-state index is 5.47. The topological polar surface area (TPSA) is 55.7 Å². The molecule has 1 aromatic carbocycles. The van der Waals surface area contributed by atoms with Crippen molar-refractivity contribution in [1.82, 2.24) is 19.7 Å². The zero-order valence-electron chi connectivity index (χ0n) is 18.0. The van der Waals surface area contributed by atoms with Gasteiger partial charge in [0.2, 0.25) is 0 Å². The van der Waals surface area contributed by atoms with Crippen molar-refractivity contribution >= 4 is 16.3 Å². The lowest BCUT2D eigenvalue weighted by Gasteiger charge is -2.42. The maximum atomic E-state index is 5.47. The van der Waals surface area contributed by atoms with Gasteiger partial charge < -0.3 is 14.4 Å². The standard InChI is InChI=1S/C23H27N5O2S/c1-23(12-30-13-23)11-26-8-7-18-19(10-26)31-22-20(18)21-24-14-25-28(21)15-27(22)9-16-3-5-17(29-2)6-4-16/h3-6,14H,7-13,15H2,1-2H3. The molecule has 0 atom stereocenters. The van der Waals surface area contributed by atoms with Gasteiger partial charge >= 0.3 is 0 Å². The van der Waals surface area contributed by atoms with Gasteiger partial charge in [-0.1, -0.05) is 19.1 Å². The second kappa shape index (κ2) is 7.32. The SMILES string of the molecule is COc1ccc(CN2Cn3ncnc3-c3c2sc2c3CCN(CC3(C)COC3)C2)cc1. The Morgan fingerprint density at radius 2 is 2.06 bits per heavy atom. The monoisotopic (exact) mass is 437 g/mol. The summed E-state index contributed by atoms with van der Waals surface area (Å²) in [6, 6.07) is 8.35. The highest BCUT2D eigenvalue weighted by Gasteiger charge is 2.38. The van der Waals surface area contributed by atoms with Gasteiger partial charge in [-0.3, -0.25) is 4.90 Å². The van der Waals surface area contributed by atoms with Gasteiger partial charge in [0.1, 0.15) is 23.7 Å². The quantitative estimate of drug-likeness (QED) is 0.610. The van der Waals surface area contributed by atoms with E-state index < -0.39 is 0 Å². The van der Waals surface area contributed by atoms with Crippen molar-refractivity contribution in [3.63, 3.8) is 0 Å². The van der Waals surface area contributed by atoms with E-state index in [1.54, 1.807) is 13.4 Å². The number of rotatable bonds is 5. The zero-order chi connectivity index (χ0) is 21.0. The van der Waals surface area contributed by atoms with Crippen LogP contribution >= 0.6 is 11.3 Å². The number of methoxy groups -OCH3 is 1. The fourth-order valence-corrected chi connectivity index (χ4v) is 6.35. The van der Waals surface area contributed by atoms with Gasteiger partial charge in [-0.25, -0.2) is 9.67 Å². The summed E-state index contributed by atoms with van der Waals surface area (Å²) in [5, 5.41) is 5.84. The van der Waals surface area contributed by atoms with Crippen LogP contribution in [0.5, 0.6) is 5.75 Å². The Labute approximate surface area is 186 Å². The van der Waals surface area contributed by atoms with Crippen LogP contribution in [-0.4, -0.2) is 53.1 Å². The van der Waals surface area contributed by atoms with Crippen LogP contribution in [0.25, 0.3) is 11.4 Å². The van der Waals surface area contributed by atoms with E-state index in [4.69, 9.17) is 9.47 Å². The molecule has 0 unspecified atom stereocenters. The molecule has 0 radical (unpaired) electrons. The first-order valence-electron chi connectivity index (χ1n) is 10.8. The van der Waals surface area contributed by atoms with E-state index in [0.29, 0.717) is 5.41 Å². The normalized spacial score (nSPS) is 19.4. The van der Waals surface area contributed by atoms with E-state index >= 15 is 0 Å². The Morgan fingerprint density at radius 3 is 2.81 bits per heavy atom. The van der Waals surface area contributed by atoms with Crippen molar-refractivity contribution in [2.45, 2.75) is 33.1 Å². The lowest BCUT2D eigenvalue weighted by atomic mass is 9.87. The van der Waals surface area contributed by atoms with Crippen molar-refractivity contribution < 1.29 is 9.47 Å². The second-order valence-electron chi connectivity index (χ2n) is 9.22. The van der Waals surface area contributed by atoms with Crippen molar-refractivity contribution in [2.75, 3.05) is 38.3 Å². The molecule has 0 spiro atoms. The highest BCUT2D eigenvalue weighted by Crippen LogP contribution is 2.47. The fraction of sp³-hybridized carbons (Fsp3) is 0.478. The Balaban J connectivity index is 1.31. The van der Waals surface area contributed by atoms with Gasteiger partial charge in [-0.15, -0.1) is 11.3 Å². The molecule has 1 fully saturated rings. The highest BCUT2D eigenvalue weighted by molar-refractivity contribution is 7.17. The summed E-state index contributed by atoms with van der Waals surface area (Å²) in [5.41, 5.74) is 4.35. The smallest absolute Gasteiger partial charge is 0.163 e. The molecule has 0 bridgehead atoms. The van der Waals surface area contributed by atoms with Gasteiger partial charge in [0.25, 0.3) is 0 Å². The maximum Gasteiger partial charge on any atom is 0.163 e. The molecule has 1 saturated heterocycles. The van der Waals surface area contributed by atoms with E-state index in [2.05, 4.69) is 38.9 Å². The number of hydrogen-bond acceptors (Lipinski definition) is 7. The third-order valence-corrected chi connectivity index (χ3v) is 7.86. The third-order valence-electron chi connectivity index (χ3n) is 6.59. The predicted molar refractivity (Wildman–Crippen MR) is 120 cm³/mol. The van der Waals surface area contributed by atoms with Crippen LogP contribution in [-0.2, 0) is 30.9 Å². The molecule has 3 aliphatic heterocycles. The van der Waals surface area contributed by atoms with E-state index in [1.807, 2.05) is 28.2 Å². The molecule has 5 heterocycles. The van der Waals surface area contributed by atoms with Crippen LogP contribution in [0.4, 0.5) is 5.00 Å². The fourth-order valence-electron chi connectivity index (χ4n) is 4.97. The third kappa shape index (κ3) is 3.33. The summed E-state index contributed by atoms with van der Waals surface area (Å²) in [7, 11) is 1.70. The first-order valence-corrected chi connectivity index (χ1v) is 11.6. The number of nitrogens with zero attached hydrogens (tertiary/aromatic N) is 5. The van der Waals surface area contributed by atoms with Crippen molar-refractivity contribution in [2.24, 2.45) is 5.41 Å². The molecule has 3 aliphatic rings. The van der Waals surface area contributed by atoms with Crippen LogP contribution in [0.2, 0.25) is 0 Å². The molecule has 0 amide bonds. The summed E-state index contributed by atoms with van der Waals surface area (Å²) in [6.07, 6.45) is 2.76. The predicted octanol–water partition coefficient (Wildman–Crippen LogP) is 3.39. The average Bonchev–Trinajstić information content (AvgIpc) is 3.37. The molecule has 162 valence electrons. The lowest BCUT2D eigenvalue weighted by molar-refractivity contribution is -0.116. The number of ether oxygens (including phenoxy) is 2. The molecule has 3 aromatic rings. The Morgan fingerprint density at radius 1 is 1.23 bits per heavy atom. The minimum Gasteiger partial charge on any atom is -0.497 e. The molecule has 0 saturated carbocycles. The molecule has 7 nitrogen and oxygen atoms in total. The minimum absolute atomic E-state index is 0.314. The Kier molecular flexibility index (Phi) is 4.55. The molecular formula is C23H27N5O2S. The molecule has 8 heteroatoms. The first-order chi connectivity index (χ1) is 15.1. The van der Waals surface area contributed by atoms with Gasteiger partial charge in [-0.2, -0.15) is 5.10 Å². The first kappa shape index (κ1) is 19.3. The van der Waals surface area contributed by atoms with E-state index in [0.717, 1.165) is 64.1 Å². The van der Waals surface area contributed by atoms with Crippen LogP contribution in [0.15, 0.2) is 30.6 Å². The summed E-state index contributed by atoms with van der Waals surface area (Å²) in [6.45, 7) is 8.91. The van der Waals surface area contributed by atoms with Crippen molar-refractivity contribution in [3.05, 3.63) is 46.6 Å². The van der Waals surface area contributed by atoms with E-state index in [1.165, 1.54) is 26.6 Å². The van der Waals surface area contributed by atoms with E-state index in [9.17, 15) is 0 Å². The van der Waals surface area contributed by atoms with Crippen LogP contribution in [0, 0.1) is 5.41 Å². The average molecular weight is 438 g/mol. The highest BCUT2D eigenvalue weighted by atomic mass is 32.1. The number of fused-ring (bicyclic) bond motifs is 5. The van der Waals surface area contributed by atoms with Crippen molar-refractivity contribution in [1.29, 1.82) is 0 Å². The lowest BCUT2D eigenvalue weighted by Crippen LogP contribution is -2.49. The van der Waals surface area contributed by atoms with Gasteiger partial charge in [-0.05, 0) is 29.7 Å². The van der Waals surface area contributed by atoms with Crippen LogP contribution < -0.4 is 9.64 Å². The number of hydrogen-bond donors (Lipinski definition) is 0. The van der Waals surface area contributed by atoms with Gasteiger partial charge in [0, 0.05) is 36.5 Å². The number of aromatic nitrogens is 3. The number of benzene rings is 1. The second-order valence-corrected chi connectivity index (χ2v) is 10.3. The molecular weight excluding hydrogens is 410 g/mol. The molecule has 0 aliphatic carbocycles. The Hall–Kier alpha value is -2.42. The molecule has 31 heavy (non-hydrogen) atoms. The number of thiophene rings is 1. The van der Waals surface area contributed by atoms with Gasteiger partial charge in [0.05, 0.1) is 25.9 Å². The molecule has 0 N–H and O–H groups in total. The Bertz CT molecular complexity index is 1100. The zero-order valence-corrected chi connectivity index (χ0v) is 18.8. The summed E-state index contributed by atoms with van der Waals surface area (Å²) in [4.78, 5) is 11.2. The van der Waals surface area contributed by atoms with Crippen molar-refractivity contribution in [3.8, 4) is 17.1 Å². The van der Waals surface area contributed by atoms with Gasteiger partial charge in [0.15, 0.2) is 5.82 Å². The minimum atomic E-state index is 0.314. The van der Waals surface area contributed by atoms with Crippen LogP contribution in [0.1, 0.15) is 22.9 Å². The molecule has 2 aromatic heterocycles. The molecule has 6 rings (SSSR count). The number of anilines is 1. The van der Waals surface area contributed by atoms with Crippen LogP contribution in [0.3, 0.4) is 0 Å². The summed E-state index contributed by atoms with van der Waals surface area (Å²) >= 11 is 1.94.